The average Bonchev–Trinajstić information content (AvgIpc) is 3.03. The van der Waals surface area contributed by atoms with Gasteiger partial charge in [-0.05, 0) is 24.5 Å². The fourth-order valence-electron chi connectivity index (χ4n) is 2.50. The summed E-state index contributed by atoms with van der Waals surface area (Å²) in [6.07, 6.45) is 1.06. The van der Waals surface area contributed by atoms with Crippen molar-refractivity contribution in [2.24, 2.45) is 4.99 Å². The molecule has 0 radical (unpaired) electrons. The molecule has 0 aliphatic heterocycles. The lowest BCUT2D eigenvalue weighted by atomic mass is 9.84. The van der Waals surface area contributed by atoms with Gasteiger partial charge in [0.15, 0.2) is 11.8 Å². The normalized spacial score (nSPS) is 11.8. The highest BCUT2D eigenvalue weighted by atomic mass is 127. The zero-order chi connectivity index (χ0) is 18.3. The Morgan fingerprint density at radius 2 is 1.85 bits per heavy atom. The SMILES string of the molecule is CCNC(=NCc1noc(C)n1)NCC(C)(C)c1ccc(CC)cc1.I. The van der Waals surface area contributed by atoms with E-state index in [0.29, 0.717) is 18.3 Å². The number of hydrogen-bond acceptors (Lipinski definition) is 4. The first kappa shape index (κ1) is 22.4. The molecule has 2 N–H and O–H groups in total. The molecule has 1 heterocycles. The lowest BCUT2D eigenvalue weighted by molar-refractivity contribution is 0.387. The summed E-state index contributed by atoms with van der Waals surface area (Å²) in [4.78, 5) is 8.71. The molecule has 1 aromatic heterocycles. The molecule has 26 heavy (non-hydrogen) atoms. The second-order valence-corrected chi connectivity index (χ2v) is 6.71. The molecule has 0 aliphatic rings. The highest BCUT2D eigenvalue weighted by Gasteiger charge is 2.20. The quantitative estimate of drug-likeness (QED) is 0.367. The number of nitrogens with one attached hydrogen (secondary N) is 2. The van der Waals surface area contributed by atoms with E-state index in [0.717, 1.165) is 25.5 Å². The number of hydrogen-bond donors (Lipinski definition) is 2. The second kappa shape index (κ2) is 10.5. The van der Waals surface area contributed by atoms with Gasteiger partial charge >= 0.3 is 0 Å². The summed E-state index contributed by atoms with van der Waals surface area (Å²) >= 11 is 0. The first-order valence-electron chi connectivity index (χ1n) is 8.85. The number of aromatic nitrogens is 2. The minimum absolute atomic E-state index is 0. The molecule has 1 aromatic carbocycles. The minimum Gasteiger partial charge on any atom is -0.357 e. The topological polar surface area (TPSA) is 75.3 Å². The number of rotatable bonds is 7. The maximum atomic E-state index is 4.98. The molecule has 2 rings (SSSR count). The predicted molar refractivity (Wildman–Crippen MR) is 116 cm³/mol. The summed E-state index contributed by atoms with van der Waals surface area (Å²) < 4.78 is 4.98. The maximum Gasteiger partial charge on any atom is 0.223 e. The van der Waals surface area contributed by atoms with Crippen molar-refractivity contribution in [1.29, 1.82) is 0 Å². The van der Waals surface area contributed by atoms with Crippen molar-refractivity contribution in [2.45, 2.75) is 53.0 Å². The summed E-state index contributed by atoms with van der Waals surface area (Å²) in [5.41, 5.74) is 2.66. The maximum absolute atomic E-state index is 4.98. The first-order valence-corrected chi connectivity index (χ1v) is 8.85. The van der Waals surface area contributed by atoms with Gasteiger partial charge in [-0.25, -0.2) is 4.99 Å². The van der Waals surface area contributed by atoms with Gasteiger partial charge in [0.25, 0.3) is 0 Å². The number of aliphatic imine (C=N–C) groups is 1. The van der Waals surface area contributed by atoms with Gasteiger partial charge in [-0.1, -0.05) is 50.2 Å². The number of guanidine groups is 1. The Labute approximate surface area is 173 Å². The Bertz CT molecular complexity index is 694. The summed E-state index contributed by atoms with van der Waals surface area (Å²) in [6.45, 7) is 12.4. The monoisotopic (exact) mass is 471 g/mol. The van der Waals surface area contributed by atoms with Gasteiger partial charge in [0, 0.05) is 25.4 Å². The molecule has 0 fully saturated rings. The van der Waals surface area contributed by atoms with Crippen LogP contribution in [-0.4, -0.2) is 29.2 Å². The lowest BCUT2D eigenvalue weighted by Crippen LogP contribution is -2.43. The van der Waals surface area contributed by atoms with Gasteiger partial charge < -0.3 is 15.2 Å². The first-order chi connectivity index (χ1) is 11.9. The standard InChI is InChI=1S/C19H29N5O.HI/c1-6-15-8-10-16(11-9-15)19(4,5)13-22-18(20-7-2)21-12-17-23-14(3)25-24-17;/h8-11H,6-7,12-13H2,1-5H3,(H2,20,21,22);1H. The smallest absolute Gasteiger partial charge is 0.223 e. The molecule has 0 saturated heterocycles. The average molecular weight is 471 g/mol. The molecule has 0 unspecified atom stereocenters. The number of aryl methyl sites for hydroxylation is 2. The van der Waals surface area contributed by atoms with Gasteiger partial charge in [0.1, 0.15) is 6.54 Å². The van der Waals surface area contributed by atoms with Gasteiger partial charge in [-0.2, -0.15) is 4.98 Å². The highest BCUT2D eigenvalue weighted by molar-refractivity contribution is 14.0. The van der Waals surface area contributed by atoms with E-state index in [4.69, 9.17) is 4.52 Å². The van der Waals surface area contributed by atoms with E-state index >= 15 is 0 Å². The number of nitrogens with zero attached hydrogens (tertiary/aromatic N) is 3. The van der Waals surface area contributed by atoms with Crippen molar-refractivity contribution < 1.29 is 4.52 Å². The van der Waals surface area contributed by atoms with Crippen molar-refractivity contribution in [3.05, 3.63) is 47.1 Å². The van der Waals surface area contributed by atoms with E-state index in [1.807, 2.05) is 6.92 Å². The summed E-state index contributed by atoms with van der Waals surface area (Å²) in [5.74, 6) is 1.90. The van der Waals surface area contributed by atoms with Crippen LogP contribution in [-0.2, 0) is 18.4 Å². The highest BCUT2D eigenvalue weighted by Crippen LogP contribution is 2.22. The molecular formula is C19H30IN5O. The van der Waals surface area contributed by atoms with E-state index in [1.165, 1.54) is 11.1 Å². The lowest BCUT2D eigenvalue weighted by Gasteiger charge is -2.27. The Balaban J connectivity index is 0.00000338. The van der Waals surface area contributed by atoms with Gasteiger partial charge in [0.2, 0.25) is 5.89 Å². The fourth-order valence-corrected chi connectivity index (χ4v) is 2.50. The van der Waals surface area contributed by atoms with E-state index in [1.54, 1.807) is 6.92 Å². The van der Waals surface area contributed by atoms with Gasteiger partial charge in [-0.15, -0.1) is 24.0 Å². The van der Waals surface area contributed by atoms with Crippen LogP contribution in [0.2, 0.25) is 0 Å². The summed E-state index contributed by atoms with van der Waals surface area (Å²) in [6, 6.07) is 8.84. The van der Waals surface area contributed by atoms with Crippen LogP contribution >= 0.6 is 24.0 Å². The van der Waals surface area contributed by atoms with Crippen LogP contribution < -0.4 is 10.6 Å². The Kier molecular flexibility index (Phi) is 9.04. The fraction of sp³-hybridized carbons (Fsp3) is 0.526. The minimum atomic E-state index is -0.00874. The zero-order valence-electron chi connectivity index (χ0n) is 16.3. The van der Waals surface area contributed by atoms with E-state index in [9.17, 15) is 0 Å². The molecule has 0 saturated carbocycles. The third kappa shape index (κ3) is 6.59. The van der Waals surface area contributed by atoms with Crippen LogP contribution in [0.1, 0.15) is 50.5 Å². The van der Waals surface area contributed by atoms with E-state index in [-0.39, 0.29) is 29.4 Å². The summed E-state index contributed by atoms with van der Waals surface area (Å²) in [7, 11) is 0. The molecular weight excluding hydrogens is 441 g/mol. The molecule has 7 heteroatoms. The molecule has 0 bridgehead atoms. The zero-order valence-corrected chi connectivity index (χ0v) is 18.6. The Hall–Kier alpha value is -1.64. The molecule has 144 valence electrons. The molecule has 2 aromatic rings. The summed E-state index contributed by atoms with van der Waals surface area (Å²) in [5, 5.41) is 10.5. The molecule has 0 aliphatic carbocycles. The molecule has 0 amide bonds. The predicted octanol–water partition coefficient (Wildman–Crippen LogP) is 3.59. The Morgan fingerprint density at radius 1 is 1.15 bits per heavy atom. The van der Waals surface area contributed by atoms with Crippen molar-refractivity contribution in [3.8, 4) is 0 Å². The van der Waals surface area contributed by atoms with E-state index < -0.39 is 0 Å². The van der Waals surface area contributed by atoms with Crippen molar-refractivity contribution in [1.82, 2.24) is 20.8 Å². The number of benzene rings is 1. The molecule has 6 nitrogen and oxygen atoms in total. The number of halogens is 1. The van der Waals surface area contributed by atoms with Crippen LogP contribution in [0.3, 0.4) is 0 Å². The van der Waals surface area contributed by atoms with Crippen molar-refractivity contribution in [3.63, 3.8) is 0 Å². The van der Waals surface area contributed by atoms with Crippen LogP contribution in [0.4, 0.5) is 0 Å². The van der Waals surface area contributed by atoms with Crippen LogP contribution in [0.5, 0.6) is 0 Å². The van der Waals surface area contributed by atoms with Crippen molar-refractivity contribution in [2.75, 3.05) is 13.1 Å². The van der Waals surface area contributed by atoms with Crippen LogP contribution in [0, 0.1) is 6.92 Å². The van der Waals surface area contributed by atoms with Crippen molar-refractivity contribution >= 4 is 29.9 Å². The van der Waals surface area contributed by atoms with Crippen LogP contribution in [0.25, 0.3) is 0 Å². The third-order valence-electron chi connectivity index (χ3n) is 4.13. The van der Waals surface area contributed by atoms with Crippen LogP contribution in [0.15, 0.2) is 33.8 Å². The van der Waals surface area contributed by atoms with E-state index in [2.05, 4.69) is 70.8 Å². The molecule has 0 atom stereocenters. The molecule has 0 spiro atoms. The largest absolute Gasteiger partial charge is 0.357 e. The Morgan fingerprint density at radius 3 is 2.38 bits per heavy atom. The third-order valence-corrected chi connectivity index (χ3v) is 4.13. The second-order valence-electron chi connectivity index (χ2n) is 6.71. The van der Waals surface area contributed by atoms with Gasteiger partial charge in [0.05, 0.1) is 0 Å². The van der Waals surface area contributed by atoms with Gasteiger partial charge in [-0.3, -0.25) is 0 Å².